The Balaban J connectivity index is 2.11. The minimum Gasteiger partial charge on any atom is -0.482 e. The zero-order chi connectivity index (χ0) is 18.6. The highest BCUT2D eigenvalue weighted by atomic mass is 35.5. The van der Waals surface area contributed by atoms with Crippen LogP contribution < -0.4 is 21.2 Å². The minimum absolute atomic E-state index is 0.0974. The molecule has 0 aliphatic heterocycles. The normalized spacial score (nSPS) is 11.2. The molecule has 0 saturated carbocycles. The summed E-state index contributed by atoms with van der Waals surface area (Å²) in [5.41, 5.74) is 8.74. The van der Waals surface area contributed by atoms with E-state index in [1.807, 2.05) is 20.8 Å². The van der Waals surface area contributed by atoms with Crippen LogP contribution in [0.4, 0.5) is 5.95 Å². The zero-order valence-corrected chi connectivity index (χ0v) is 15.5. The van der Waals surface area contributed by atoms with Gasteiger partial charge in [-0.25, -0.2) is 0 Å². The fourth-order valence-electron chi connectivity index (χ4n) is 1.97. The molecule has 2 rings (SSSR count). The lowest BCUT2D eigenvalue weighted by Crippen LogP contribution is -2.43. The molecular formula is C14H19Cl2N7O2. The summed E-state index contributed by atoms with van der Waals surface area (Å²) in [6.07, 6.45) is 0. The summed E-state index contributed by atoms with van der Waals surface area (Å²) in [4.78, 5) is 13.1. The number of hydrogen-bond donors (Lipinski definition) is 3. The highest BCUT2D eigenvalue weighted by Gasteiger charge is 2.17. The molecule has 136 valence electrons. The molecule has 0 atom stereocenters. The third kappa shape index (κ3) is 5.64. The molecule has 1 aromatic carbocycles. The van der Waals surface area contributed by atoms with Gasteiger partial charge in [0.05, 0.1) is 11.6 Å². The van der Waals surface area contributed by atoms with Gasteiger partial charge < -0.3 is 21.2 Å². The van der Waals surface area contributed by atoms with Gasteiger partial charge in [-0.05, 0) is 43.3 Å². The molecule has 0 saturated heterocycles. The molecule has 0 fully saturated rings. The van der Waals surface area contributed by atoms with Crippen molar-refractivity contribution in [2.45, 2.75) is 32.9 Å². The molecule has 0 aliphatic carbocycles. The van der Waals surface area contributed by atoms with Crippen molar-refractivity contribution >= 4 is 35.1 Å². The van der Waals surface area contributed by atoms with E-state index in [1.165, 1.54) is 10.9 Å². The Bertz CT molecular complexity index is 758. The van der Waals surface area contributed by atoms with Crippen LogP contribution in [0.25, 0.3) is 0 Å². The number of anilines is 1. The fraction of sp³-hybridized carbons (Fsp3) is 0.429. The van der Waals surface area contributed by atoms with E-state index in [2.05, 4.69) is 26.3 Å². The van der Waals surface area contributed by atoms with Crippen molar-refractivity contribution in [3.63, 3.8) is 0 Å². The average molecular weight is 388 g/mol. The lowest BCUT2D eigenvalue weighted by molar-refractivity contribution is -0.124. The van der Waals surface area contributed by atoms with E-state index >= 15 is 0 Å². The van der Waals surface area contributed by atoms with Gasteiger partial charge in [0, 0.05) is 16.1 Å². The van der Waals surface area contributed by atoms with Gasteiger partial charge in [-0.3, -0.25) is 4.79 Å². The summed E-state index contributed by atoms with van der Waals surface area (Å²) >= 11 is 12.2. The Kier molecular flexibility index (Phi) is 5.91. The Labute approximate surface area is 154 Å². The van der Waals surface area contributed by atoms with Crippen LogP contribution in [0, 0.1) is 0 Å². The summed E-state index contributed by atoms with van der Waals surface area (Å²) in [7, 11) is 0. The molecule has 4 N–H and O–H groups in total. The molecule has 0 radical (unpaired) electrons. The topological polar surface area (TPSA) is 120 Å². The number of nitrogens with zero attached hydrogens (tertiary/aromatic N) is 4. The van der Waals surface area contributed by atoms with Crippen LogP contribution in [0.5, 0.6) is 5.75 Å². The van der Waals surface area contributed by atoms with Crippen LogP contribution in [0.15, 0.2) is 12.1 Å². The molecule has 9 nitrogen and oxygen atoms in total. The Morgan fingerprint density at radius 1 is 1.36 bits per heavy atom. The van der Waals surface area contributed by atoms with Gasteiger partial charge in [-0.15, -0.1) is 4.79 Å². The number of tetrazole rings is 1. The average Bonchev–Trinajstić information content (AvgIpc) is 2.87. The third-order valence-corrected chi connectivity index (χ3v) is 3.36. The second-order valence-corrected chi connectivity index (χ2v) is 7.09. The summed E-state index contributed by atoms with van der Waals surface area (Å²) in [6.45, 7) is 5.69. The summed E-state index contributed by atoms with van der Waals surface area (Å²) in [5, 5.41) is 14.2. The van der Waals surface area contributed by atoms with Gasteiger partial charge in [-0.2, -0.15) is 0 Å². The molecule has 0 bridgehead atoms. The number of ether oxygens (including phenoxy) is 1. The number of nitrogens with two attached hydrogens (primary N) is 1. The first kappa shape index (κ1) is 19.1. The first-order chi connectivity index (χ1) is 11.7. The summed E-state index contributed by atoms with van der Waals surface area (Å²) in [5.74, 6) is 0.177. The molecule has 0 unspecified atom stereocenters. The van der Waals surface area contributed by atoms with E-state index in [4.69, 9.17) is 33.7 Å². The maximum Gasteiger partial charge on any atom is 0.260 e. The monoisotopic (exact) mass is 387 g/mol. The van der Waals surface area contributed by atoms with Crippen LogP contribution in [-0.2, 0) is 11.3 Å². The van der Waals surface area contributed by atoms with Crippen LogP contribution >= 0.6 is 23.2 Å². The Hall–Kier alpha value is -2.26. The number of nitrogens with one attached hydrogen (secondary N) is 2. The van der Waals surface area contributed by atoms with Crippen molar-refractivity contribution in [3.8, 4) is 5.75 Å². The lowest BCUT2D eigenvalue weighted by atomic mass is 10.1. The molecule has 0 aliphatic rings. The fourth-order valence-corrected chi connectivity index (χ4v) is 2.56. The van der Waals surface area contributed by atoms with Gasteiger partial charge in [0.1, 0.15) is 5.75 Å². The first-order valence-corrected chi connectivity index (χ1v) is 8.11. The second-order valence-electron chi connectivity index (χ2n) is 6.25. The number of carbonyl (C=O) groups excluding carboxylic acids is 1. The maximum atomic E-state index is 11.9. The quantitative estimate of drug-likeness (QED) is 0.688. The van der Waals surface area contributed by atoms with Crippen molar-refractivity contribution in [2.24, 2.45) is 0 Å². The molecule has 2 aromatic rings. The first-order valence-electron chi connectivity index (χ1n) is 7.35. The number of benzene rings is 1. The predicted molar refractivity (Wildman–Crippen MR) is 95.1 cm³/mol. The van der Waals surface area contributed by atoms with Crippen LogP contribution in [0.3, 0.4) is 0 Å². The van der Waals surface area contributed by atoms with Crippen molar-refractivity contribution in [3.05, 3.63) is 27.7 Å². The van der Waals surface area contributed by atoms with Gasteiger partial charge in [0.2, 0.25) is 0 Å². The molecule has 1 heterocycles. The van der Waals surface area contributed by atoms with Crippen molar-refractivity contribution in [2.75, 3.05) is 17.8 Å². The standard InChI is InChI=1S/C14H19Cl2N7O2/c1-14(2,3)19-11(24)7-25-12-8(4-9(15)5-10(12)16)6-18-23-13(17)20-21-22-23/h4-5,18H,6-7H2,1-3H3,(H,19,24)(H2,17,20,22). The third-order valence-electron chi connectivity index (χ3n) is 2.86. The molecular weight excluding hydrogens is 369 g/mol. The van der Waals surface area contributed by atoms with E-state index in [-0.39, 0.29) is 35.6 Å². The molecule has 0 spiro atoms. The second kappa shape index (κ2) is 7.75. The van der Waals surface area contributed by atoms with E-state index in [0.29, 0.717) is 16.3 Å². The van der Waals surface area contributed by atoms with Gasteiger partial charge >= 0.3 is 0 Å². The molecule has 1 aromatic heterocycles. The van der Waals surface area contributed by atoms with E-state index in [0.717, 1.165) is 0 Å². The Morgan fingerprint density at radius 3 is 2.68 bits per heavy atom. The van der Waals surface area contributed by atoms with Gasteiger partial charge in [-0.1, -0.05) is 28.3 Å². The molecule has 25 heavy (non-hydrogen) atoms. The summed E-state index contributed by atoms with van der Waals surface area (Å²) < 4.78 is 5.60. The number of hydrogen-bond acceptors (Lipinski definition) is 7. The summed E-state index contributed by atoms with van der Waals surface area (Å²) in [6, 6.07) is 3.20. The van der Waals surface area contributed by atoms with Crippen molar-refractivity contribution < 1.29 is 9.53 Å². The van der Waals surface area contributed by atoms with E-state index in [9.17, 15) is 4.79 Å². The predicted octanol–water partition coefficient (Wildman–Crippen LogP) is 1.60. The van der Waals surface area contributed by atoms with Gasteiger partial charge in [0.15, 0.2) is 6.61 Å². The molecule has 11 heteroatoms. The highest BCUT2D eigenvalue weighted by molar-refractivity contribution is 6.35. The number of nitrogen functional groups attached to an aromatic ring is 1. The smallest absolute Gasteiger partial charge is 0.260 e. The Morgan fingerprint density at radius 2 is 2.08 bits per heavy atom. The number of amides is 1. The minimum atomic E-state index is -0.355. The van der Waals surface area contributed by atoms with Crippen LogP contribution in [-0.4, -0.2) is 38.4 Å². The van der Waals surface area contributed by atoms with E-state index in [1.54, 1.807) is 6.07 Å². The van der Waals surface area contributed by atoms with Gasteiger partial charge in [0.25, 0.3) is 11.9 Å². The van der Waals surface area contributed by atoms with Crippen molar-refractivity contribution in [1.29, 1.82) is 0 Å². The zero-order valence-electron chi connectivity index (χ0n) is 14.0. The van der Waals surface area contributed by atoms with Crippen molar-refractivity contribution in [1.82, 2.24) is 25.6 Å². The SMILES string of the molecule is CC(C)(C)NC(=O)COc1c(Cl)cc(Cl)cc1CNn1nnnc1N. The maximum absolute atomic E-state index is 11.9. The van der Waals surface area contributed by atoms with E-state index < -0.39 is 0 Å². The number of rotatable bonds is 6. The highest BCUT2D eigenvalue weighted by Crippen LogP contribution is 2.32. The number of aromatic nitrogens is 4. The lowest BCUT2D eigenvalue weighted by Gasteiger charge is -2.21. The largest absolute Gasteiger partial charge is 0.482 e. The number of carbonyl (C=O) groups is 1. The molecule has 1 amide bonds. The van der Waals surface area contributed by atoms with Crippen LogP contribution in [0.2, 0.25) is 10.0 Å². The number of halogens is 2. The van der Waals surface area contributed by atoms with Crippen LogP contribution in [0.1, 0.15) is 26.3 Å².